The largest absolute Gasteiger partial charge is 0.497 e. The van der Waals surface area contributed by atoms with Crippen molar-refractivity contribution in [3.63, 3.8) is 0 Å². The van der Waals surface area contributed by atoms with Crippen molar-refractivity contribution in [3.05, 3.63) is 64.3 Å². The molecule has 3 aromatic rings. The van der Waals surface area contributed by atoms with Crippen LogP contribution in [0.2, 0.25) is 5.02 Å². The van der Waals surface area contributed by atoms with Crippen LogP contribution in [0.5, 0.6) is 5.75 Å². The van der Waals surface area contributed by atoms with E-state index in [1.54, 1.807) is 7.11 Å². The first kappa shape index (κ1) is 16.4. The second-order valence-electron chi connectivity index (χ2n) is 5.67. The molecule has 0 aliphatic heterocycles. The van der Waals surface area contributed by atoms with E-state index in [2.05, 4.69) is 10.3 Å². The van der Waals surface area contributed by atoms with E-state index in [1.807, 2.05) is 49.4 Å². The summed E-state index contributed by atoms with van der Waals surface area (Å²) in [5, 5.41) is 4.60. The van der Waals surface area contributed by atoms with Crippen molar-refractivity contribution in [1.29, 1.82) is 0 Å². The summed E-state index contributed by atoms with van der Waals surface area (Å²) in [6.07, 6.45) is 0.765. The van der Waals surface area contributed by atoms with Crippen LogP contribution in [-0.2, 0) is 6.42 Å². The predicted octanol–water partition coefficient (Wildman–Crippen LogP) is 4.11. The maximum absolute atomic E-state index is 12.4. The molecule has 0 atom stereocenters. The van der Waals surface area contributed by atoms with Gasteiger partial charge in [0.1, 0.15) is 11.4 Å². The number of carbonyl (C=O) groups is 1. The van der Waals surface area contributed by atoms with Gasteiger partial charge < -0.3 is 15.0 Å². The van der Waals surface area contributed by atoms with Crippen LogP contribution in [0.25, 0.3) is 10.9 Å². The average Bonchev–Trinajstić information content (AvgIpc) is 2.92. The van der Waals surface area contributed by atoms with Crippen molar-refractivity contribution < 1.29 is 9.53 Å². The second kappa shape index (κ2) is 6.97. The number of benzene rings is 2. The highest BCUT2D eigenvalue weighted by Crippen LogP contribution is 2.24. The Kier molecular flexibility index (Phi) is 4.76. The third-order valence-corrected chi connectivity index (χ3v) is 4.34. The zero-order chi connectivity index (χ0) is 17.1. The molecule has 24 heavy (non-hydrogen) atoms. The molecule has 5 heteroatoms. The summed E-state index contributed by atoms with van der Waals surface area (Å²) in [6.45, 7) is 2.49. The van der Waals surface area contributed by atoms with Crippen LogP contribution in [0.15, 0.2) is 42.5 Å². The third kappa shape index (κ3) is 3.39. The van der Waals surface area contributed by atoms with Crippen LogP contribution in [0.1, 0.15) is 21.6 Å². The molecular weight excluding hydrogens is 324 g/mol. The summed E-state index contributed by atoms with van der Waals surface area (Å²) >= 11 is 6.03. The molecule has 0 saturated carbocycles. The molecule has 0 spiro atoms. The fourth-order valence-electron chi connectivity index (χ4n) is 2.73. The van der Waals surface area contributed by atoms with Crippen molar-refractivity contribution in [2.75, 3.05) is 13.7 Å². The Balaban J connectivity index is 1.65. The number of aryl methyl sites for hydroxylation is 1. The summed E-state index contributed by atoms with van der Waals surface area (Å²) in [5.41, 5.74) is 3.56. The van der Waals surface area contributed by atoms with Crippen LogP contribution in [0.3, 0.4) is 0 Å². The lowest BCUT2D eigenvalue weighted by atomic mass is 10.1. The molecule has 1 aromatic heterocycles. The molecule has 4 nitrogen and oxygen atoms in total. The minimum Gasteiger partial charge on any atom is -0.497 e. The molecule has 2 aromatic carbocycles. The van der Waals surface area contributed by atoms with Crippen molar-refractivity contribution >= 4 is 28.4 Å². The Hall–Kier alpha value is -2.46. The fraction of sp³-hybridized carbons (Fsp3) is 0.211. The number of hydrogen-bond donors (Lipinski definition) is 2. The molecule has 3 rings (SSSR count). The molecule has 1 heterocycles. The average molecular weight is 343 g/mol. The lowest BCUT2D eigenvalue weighted by Crippen LogP contribution is -2.26. The molecular formula is C19H19ClN2O2. The summed E-state index contributed by atoms with van der Waals surface area (Å²) in [5.74, 6) is 0.725. The van der Waals surface area contributed by atoms with Crippen molar-refractivity contribution in [3.8, 4) is 5.75 Å². The van der Waals surface area contributed by atoms with E-state index < -0.39 is 0 Å². The zero-order valence-corrected chi connectivity index (χ0v) is 14.4. The predicted molar refractivity (Wildman–Crippen MR) is 97.1 cm³/mol. The smallest absolute Gasteiger partial charge is 0.268 e. The molecule has 1 amide bonds. The minimum atomic E-state index is -0.103. The SMILES string of the molecule is COc1ccc(CCNC(=O)c2[nH]c3ccc(Cl)cc3c2C)cc1. The summed E-state index contributed by atoms with van der Waals surface area (Å²) in [6, 6.07) is 13.4. The Morgan fingerprint density at radius 1 is 1.21 bits per heavy atom. The highest BCUT2D eigenvalue weighted by molar-refractivity contribution is 6.31. The van der Waals surface area contributed by atoms with E-state index in [-0.39, 0.29) is 5.91 Å². The van der Waals surface area contributed by atoms with Crippen LogP contribution < -0.4 is 10.1 Å². The number of fused-ring (bicyclic) bond motifs is 1. The number of rotatable bonds is 5. The number of ether oxygens (including phenoxy) is 1. The number of hydrogen-bond acceptors (Lipinski definition) is 2. The normalized spacial score (nSPS) is 10.8. The van der Waals surface area contributed by atoms with Gasteiger partial charge in [0.25, 0.3) is 5.91 Å². The van der Waals surface area contributed by atoms with Gasteiger partial charge in [-0.25, -0.2) is 0 Å². The number of halogens is 1. The van der Waals surface area contributed by atoms with Gasteiger partial charge in [-0.3, -0.25) is 4.79 Å². The minimum absolute atomic E-state index is 0.103. The number of H-pyrrole nitrogens is 1. The zero-order valence-electron chi connectivity index (χ0n) is 13.7. The van der Waals surface area contributed by atoms with Gasteiger partial charge in [0, 0.05) is 22.5 Å². The first-order valence-electron chi connectivity index (χ1n) is 7.77. The first-order valence-corrected chi connectivity index (χ1v) is 8.15. The van der Waals surface area contributed by atoms with Crippen LogP contribution >= 0.6 is 11.6 Å². The van der Waals surface area contributed by atoms with Gasteiger partial charge >= 0.3 is 0 Å². The Morgan fingerprint density at radius 2 is 1.96 bits per heavy atom. The van der Waals surface area contributed by atoms with E-state index in [9.17, 15) is 4.79 Å². The number of aromatic nitrogens is 1. The number of methoxy groups -OCH3 is 1. The number of carbonyl (C=O) groups excluding carboxylic acids is 1. The third-order valence-electron chi connectivity index (χ3n) is 4.11. The molecule has 0 unspecified atom stereocenters. The summed E-state index contributed by atoms with van der Waals surface area (Å²) < 4.78 is 5.14. The lowest BCUT2D eigenvalue weighted by molar-refractivity contribution is 0.0949. The number of nitrogens with one attached hydrogen (secondary N) is 2. The summed E-state index contributed by atoms with van der Waals surface area (Å²) in [4.78, 5) is 15.6. The molecule has 0 radical (unpaired) electrons. The topological polar surface area (TPSA) is 54.1 Å². The Labute approximate surface area is 145 Å². The maximum atomic E-state index is 12.4. The van der Waals surface area contributed by atoms with Crippen LogP contribution in [-0.4, -0.2) is 24.5 Å². The second-order valence-corrected chi connectivity index (χ2v) is 6.11. The standard InChI is InChI=1S/C19H19ClN2O2/c1-12-16-11-14(20)5-8-17(16)22-18(12)19(23)21-10-9-13-3-6-15(24-2)7-4-13/h3-8,11,22H,9-10H2,1-2H3,(H,21,23). The molecule has 0 fully saturated rings. The molecule has 0 aliphatic rings. The maximum Gasteiger partial charge on any atom is 0.268 e. The molecule has 0 aliphatic carbocycles. The van der Waals surface area contributed by atoms with E-state index in [0.29, 0.717) is 17.3 Å². The van der Waals surface area contributed by atoms with Crippen LogP contribution in [0, 0.1) is 6.92 Å². The van der Waals surface area contributed by atoms with Gasteiger partial charge in [-0.15, -0.1) is 0 Å². The Morgan fingerprint density at radius 3 is 2.67 bits per heavy atom. The highest BCUT2D eigenvalue weighted by atomic mass is 35.5. The quantitative estimate of drug-likeness (QED) is 0.733. The van der Waals surface area contributed by atoms with Gasteiger partial charge in [-0.05, 0) is 54.8 Å². The number of amides is 1. The molecule has 2 N–H and O–H groups in total. The fourth-order valence-corrected chi connectivity index (χ4v) is 2.90. The number of aromatic amines is 1. The van der Waals surface area contributed by atoms with Gasteiger partial charge in [0.05, 0.1) is 7.11 Å². The summed E-state index contributed by atoms with van der Waals surface area (Å²) in [7, 11) is 1.64. The van der Waals surface area contributed by atoms with Gasteiger partial charge in [-0.2, -0.15) is 0 Å². The van der Waals surface area contributed by atoms with Crippen molar-refractivity contribution in [2.45, 2.75) is 13.3 Å². The van der Waals surface area contributed by atoms with Crippen molar-refractivity contribution in [1.82, 2.24) is 10.3 Å². The van der Waals surface area contributed by atoms with E-state index in [0.717, 1.165) is 34.2 Å². The van der Waals surface area contributed by atoms with Gasteiger partial charge in [-0.1, -0.05) is 23.7 Å². The molecule has 0 bridgehead atoms. The van der Waals surface area contributed by atoms with E-state index >= 15 is 0 Å². The molecule has 0 saturated heterocycles. The first-order chi connectivity index (χ1) is 11.6. The van der Waals surface area contributed by atoms with Gasteiger partial charge in [0.2, 0.25) is 0 Å². The lowest BCUT2D eigenvalue weighted by Gasteiger charge is -2.06. The monoisotopic (exact) mass is 342 g/mol. The highest BCUT2D eigenvalue weighted by Gasteiger charge is 2.14. The van der Waals surface area contributed by atoms with Crippen molar-refractivity contribution in [2.24, 2.45) is 0 Å². The van der Waals surface area contributed by atoms with E-state index in [1.165, 1.54) is 0 Å². The van der Waals surface area contributed by atoms with Gasteiger partial charge in [0.15, 0.2) is 0 Å². The van der Waals surface area contributed by atoms with E-state index in [4.69, 9.17) is 16.3 Å². The Bertz CT molecular complexity index is 869. The van der Waals surface area contributed by atoms with Crippen LogP contribution in [0.4, 0.5) is 0 Å². The molecule has 124 valence electrons.